The van der Waals surface area contributed by atoms with E-state index < -0.39 is 0 Å². The lowest BCUT2D eigenvalue weighted by Crippen LogP contribution is -2.47. The molecule has 0 radical (unpaired) electrons. The third kappa shape index (κ3) is 3.27. The maximum Gasteiger partial charge on any atom is 0.228 e. The Labute approximate surface area is 130 Å². The van der Waals surface area contributed by atoms with Gasteiger partial charge in [0.05, 0.1) is 30.9 Å². The van der Waals surface area contributed by atoms with Crippen molar-refractivity contribution in [2.75, 3.05) is 26.2 Å². The molecule has 22 heavy (non-hydrogen) atoms. The van der Waals surface area contributed by atoms with Gasteiger partial charge in [0, 0.05) is 32.3 Å². The maximum atomic E-state index is 12.6. The number of rotatable bonds is 3. The second kappa shape index (κ2) is 6.44. The number of carbonyl (C=O) groups is 2. The molecule has 6 nitrogen and oxygen atoms in total. The fraction of sp³-hybridized carbons (Fsp3) is 0.562. The first kappa shape index (κ1) is 15.0. The van der Waals surface area contributed by atoms with Crippen LogP contribution in [0.1, 0.15) is 19.0 Å². The van der Waals surface area contributed by atoms with Crippen molar-refractivity contribution in [3.8, 4) is 0 Å². The minimum atomic E-state index is -0.235. The Balaban J connectivity index is 1.60. The van der Waals surface area contributed by atoms with E-state index in [1.54, 1.807) is 11.1 Å². The molecule has 2 aliphatic rings. The molecule has 2 amide bonds. The number of amides is 2. The van der Waals surface area contributed by atoms with Crippen LogP contribution in [-0.2, 0) is 20.9 Å². The molecule has 2 atom stereocenters. The summed E-state index contributed by atoms with van der Waals surface area (Å²) in [7, 11) is 0. The Bertz CT molecular complexity index is 549. The van der Waals surface area contributed by atoms with Crippen LogP contribution in [0.15, 0.2) is 24.4 Å². The lowest BCUT2D eigenvalue weighted by molar-refractivity contribution is -0.142. The lowest BCUT2D eigenvalue weighted by atomic mass is 10.1. The van der Waals surface area contributed by atoms with Gasteiger partial charge in [-0.1, -0.05) is 6.07 Å². The molecule has 0 N–H and O–H groups in total. The molecule has 6 heteroatoms. The summed E-state index contributed by atoms with van der Waals surface area (Å²) in [4.78, 5) is 32.5. The molecule has 118 valence electrons. The van der Waals surface area contributed by atoms with Crippen LogP contribution in [0.25, 0.3) is 0 Å². The topological polar surface area (TPSA) is 62.7 Å². The van der Waals surface area contributed by atoms with Crippen LogP contribution in [0.5, 0.6) is 0 Å². The van der Waals surface area contributed by atoms with Gasteiger partial charge >= 0.3 is 0 Å². The van der Waals surface area contributed by atoms with Gasteiger partial charge in [-0.2, -0.15) is 0 Å². The summed E-state index contributed by atoms with van der Waals surface area (Å²) in [6.07, 6.45) is 2.09. The molecule has 0 saturated carbocycles. The Morgan fingerprint density at radius 2 is 2.27 bits per heavy atom. The number of pyridine rings is 1. The largest absolute Gasteiger partial charge is 0.375 e. The molecular weight excluding hydrogens is 282 g/mol. The van der Waals surface area contributed by atoms with Gasteiger partial charge in [-0.15, -0.1) is 0 Å². The molecule has 0 bridgehead atoms. The number of likely N-dealkylation sites (tertiary alicyclic amines) is 1. The van der Waals surface area contributed by atoms with Crippen molar-refractivity contribution in [1.82, 2.24) is 14.8 Å². The summed E-state index contributed by atoms with van der Waals surface area (Å²) < 4.78 is 5.46. The van der Waals surface area contributed by atoms with Gasteiger partial charge in [0.1, 0.15) is 0 Å². The van der Waals surface area contributed by atoms with Crippen molar-refractivity contribution < 1.29 is 14.3 Å². The average molecular weight is 303 g/mol. The summed E-state index contributed by atoms with van der Waals surface area (Å²) in [5, 5.41) is 0. The third-order valence-corrected chi connectivity index (χ3v) is 4.20. The molecule has 0 aliphatic carbocycles. The molecule has 3 rings (SSSR count). The van der Waals surface area contributed by atoms with E-state index in [0.717, 1.165) is 5.69 Å². The zero-order valence-electron chi connectivity index (χ0n) is 12.8. The van der Waals surface area contributed by atoms with Gasteiger partial charge in [-0.3, -0.25) is 14.6 Å². The number of aromatic nitrogens is 1. The molecule has 3 heterocycles. The van der Waals surface area contributed by atoms with Crippen molar-refractivity contribution in [3.05, 3.63) is 30.1 Å². The normalized spacial score (nSPS) is 25.6. The van der Waals surface area contributed by atoms with E-state index in [1.165, 1.54) is 0 Å². The van der Waals surface area contributed by atoms with E-state index in [-0.39, 0.29) is 23.8 Å². The van der Waals surface area contributed by atoms with E-state index in [4.69, 9.17) is 4.74 Å². The minimum Gasteiger partial charge on any atom is -0.375 e. The highest BCUT2D eigenvalue weighted by Crippen LogP contribution is 2.22. The molecular formula is C16H21N3O3. The summed E-state index contributed by atoms with van der Waals surface area (Å²) in [5.74, 6) is -0.126. The Morgan fingerprint density at radius 1 is 1.41 bits per heavy atom. The van der Waals surface area contributed by atoms with Crippen LogP contribution in [-0.4, -0.2) is 58.9 Å². The summed E-state index contributed by atoms with van der Waals surface area (Å²) in [5.41, 5.74) is 0.851. The average Bonchev–Trinajstić information content (AvgIpc) is 2.88. The Morgan fingerprint density at radius 3 is 3.00 bits per heavy atom. The third-order valence-electron chi connectivity index (χ3n) is 4.20. The first-order valence-corrected chi connectivity index (χ1v) is 7.71. The second-order valence-corrected chi connectivity index (χ2v) is 5.96. The van der Waals surface area contributed by atoms with E-state index in [0.29, 0.717) is 39.2 Å². The zero-order chi connectivity index (χ0) is 15.5. The number of carbonyl (C=O) groups excluding carboxylic acids is 2. The predicted molar refractivity (Wildman–Crippen MR) is 79.8 cm³/mol. The number of morpholine rings is 1. The van der Waals surface area contributed by atoms with Gasteiger partial charge < -0.3 is 14.5 Å². The molecule has 2 saturated heterocycles. The maximum absolute atomic E-state index is 12.6. The fourth-order valence-corrected chi connectivity index (χ4v) is 3.05. The molecule has 1 aromatic rings. The second-order valence-electron chi connectivity index (χ2n) is 5.96. The van der Waals surface area contributed by atoms with E-state index in [2.05, 4.69) is 4.98 Å². The number of hydrogen-bond acceptors (Lipinski definition) is 4. The molecule has 0 aromatic carbocycles. The highest BCUT2D eigenvalue weighted by molar-refractivity contribution is 5.89. The van der Waals surface area contributed by atoms with Gasteiger partial charge in [0.25, 0.3) is 0 Å². The van der Waals surface area contributed by atoms with Crippen LogP contribution in [0.3, 0.4) is 0 Å². The standard InChI is InChI=1S/C16H21N3O3/c1-12-9-18(6-7-22-12)16(21)13-8-15(20)19(10-13)11-14-4-2-3-5-17-14/h2-5,12-13H,6-11H2,1H3/t12-,13+/m1/s1. The van der Waals surface area contributed by atoms with Gasteiger partial charge in [-0.05, 0) is 19.1 Å². The molecule has 0 spiro atoms. The summed E-state index contributed by atoms with van der Waals surface area (Å²) in [6.45, 7) is 4.73. The number of ether oxygens (including phenoxy) is 1. The highest BCUT2D eigenvalue weighted by atomic mass is 16.5. The van der Waals surface area contributed by atoms with Gasteiger partial charge in [0.2, 0.25) is 11.8 Å². The van der Waals surface area contributed by atoms with E-state index >= 15 is 0 Å². The van der Waals surface area contributed by atoms with Crippen LogP contribution in [0.4, 0.5) is 0 Å². The number of nitrogens with zero attached hydrogens (tertiary/aromatic N) is 3. The van der Waals surface area contributed by atoms with Gasteiger partial charge in [0.15, 0.2) is 0 Å². The van der Waals surface area contributed by atoms with Crippen LogP contribution in [0.2, 0.25) is 0 Å². The first-order valence-electron chi connectivity index (χ1n) is 7.71. The minimum absolute atomic E-state index is 0.0327. The molecule has 2 fully saturated rings. The fourth-order valence-electron chi connectivity index (χ4n) is 3.05. The van der Waals surface area contributed by atoms with Crippen molar-refractivity contribution in [2.45, 2.75) is 26.0 Å². The summed E-state index contributed by atoms with van der Waals surface area (Å²) in [6, 6.07) is 5.65. The van der Waals surface area contributed by atoms with Crippen molar-refractivity contribution in [3.63, 3.8) is 0 Å². The first-order chi connectivity index (χ1) is 10.6. The monoisotopic (exact) mass is 303 g/mol. The predicted octanol–water partition coefficient (Wildman–Crippen LogP) is 0.677. The summed E-state index contributed by atoms with van der Waals surface area (Å²) >= 11 is 0. The van der Waals surface area contributed by atoms with E-state index in [9.17, 15) is 9.59 Å². The van der Waals surface area contributed by atoms with Crippen molar-refractivity contribution >= 4 is 11.8 Å². The molecule has 0 unspecified atom stereocenters. The highest BCUT2D eigenvalue weighted by Gasteiger charge is 2.37. The quantitative estimate of drug-likeness (QED) is 0.824. The van der Waals surface area contributed by atoms with Crippen molar-refractivity contribution in [1.29, 1.82) is 0 Å². The SMILES string of the molecule is C[C@@H]1CN(C(=O)[C@H]2CC(=O)N(Cc3ccccn3)C2)CCO1. The zero-order valence-corrected chi connectivity index (χ0v) is 12.8. The Hall–Kier alpha value is -1.95. The smallest absolute Gasteiger partial charge is 0.228 e. The van der Waals surface area contributed by atoms with Crippen molar-refractivity contribution in [2.24, 2.45) is 5.92 Å². The van der Waals surface area contributed by atoms with Crippen LogP contribution < -0.4 is 0 Å². The lowest BCUT2D eigenvalue weighted by Gasteiger charge is -2.32. The van der Waals surface area contributed by atoms with Crippen LogP contribution in [0, 0.1) is 5.92 Å². The number of hydrogen-bond donors (Lipinski definition) is 0. The molecule has 2 aliphatic heterocycles. The molecule has 1 aromatic heterocycles. The van der Waals surface area contributed by atoms with Gasteiger partial charge in [-0.25, -0.2) is 0 Å². The van der Waals surface area contributed by atoms with Crippen LogP contribution >= 0.6 is 0 Å². The Kier molecular flexibility index (Phi) is 4.38. The van der Waals surface area contributed by atoms with E-state index in [1.807, 2.05) is 30.0 Å².